The number of rotatable bonds is 6. The van der Waals surface area contributed by atoms with Crippen molar-refractivity contribution < 1.29 is 4.79 Å². The van der Waals surface area contributed by atoms with Crippen LogP contribution in [0.2, 0.25) is 0 Å². The maximum Gasteiger partial charge on any atom is 0.233 e. The van der Waals surface area contributed by atoms with Crippen LogP contribution in [0.3, 0.4) is 0 Å². The van der Waals surface area contributed by atoms with Crippen molar-refractivity contribution in [2.24, 2.45) is 5.92 Å². The predicted molar refractivity (Wildman–Crippen MR) is 92.3 cm³/mol. The van der Waals surface area contributed by atoms with Gasteiger partial charge in [-0.05, 0) is 39.0 Å². The van der Waals surface area contributed by atoms with Crippen molar-refractivity contribution in [2.45, 2.75) is 65.1 Å². The number of carbonyl (C=O) groups is 1. The van der Waals surface area contributed by atoms with Gasteiger partial charge in [0.1, 0.15) is 0 Å². The van der Waals surface area contributed by atoms with Gasteiger partial charge in [-0.15, -0.1) is 0 Å². The number of thioether (sulfide) groups is 1. The van der Waals surface area contributed by atoms with E-state index in [1.807, 2.05) is 4.90 Å². The second-order valence-corrected chi connectivity index (χ2v) is 7.36. The van der Waals surface area contributed by atoms with Gasteiger partial charge in [0, 0.05) is 25.3 Å². The fraction of sp³-hybridized carbons (Fsp3) is 0.765. The predicted octanol–water partition coefficient (Wildman–Crippen LogP) is 3.65. The molecule has 0 saturated carbocycles. The van der Waals surface area contributed by atoms with Gasteiger partial charge in [-0.3, -0.25) is 4.79 Å². The molecule has 0 atom stereocenters. The van der Waals surface area contributed by atoms with Crippen molar-refractivity contribution in [3.63, 3.8) is 0 Å². The lowest BCUT2D eigenvalue weighted by atomic mass is 9.99. The first-order valence-corrected chi connectivity index (χ1v) is 9.45. The first-order valence-electron chi connectivity index (χ1n) is 8.47. The highest BCUT2D eigenvalue weighted by atomic mass is 32.2. The van der Waals surface area contributed by atoms with Crippen molar-refractivity contribution in [1.29, 1.82) is 0 Å². The average molecular weight is 324 g/mol. The Bertz CT molecular complexity index is 504. The molecule has 1 aliphatic heterocycles. The summed E-state index contributed by atoms with van der Waals surface area (Å²) in [4.78, 5) is 19.0. The molecule has 22 heavy (non-hydrogen) atoms. The Morgan fingerprint density at radius 2 is 2.00 bits per heavy atom. The summed E-state index contributed by atoms with van der Waals surface area (Å²) < 4.78 is 2.27. The molecule has 1 fully saturated rings. The molecular formula is C17H29N3OS. The molecule has 2 heterocycles. The van der Waals surface area contributed by atoms with E-state index in [0.717, 1.165) is 55.7 Å². The zero-order chi connectivity index (χ0) is 16.1. The minimum atomic E-state index is 0.261. The van der Waals surface area contributed by atoms with E-state index >= 15 is 0 Å². The summed E-state index contributed by atoms with van der Waals surface area (Å²) in [5.74, 6) is 1.53. The van der Waals surface area contributed by atoms with E-state index in [1.54, 1.807) is 11.8 Å². The van der Waals surface area contributed by atoms with Crippen molar-refractivity contribution in [2.75, 3.05) is 18.8 Å². The highest BCUT2D eigenvalue weighted by Crippen LogP contribution is 2.23. The molecule has 5 heteroatoms. The van der Waals surface area contributed by atoms with E-state index in [2.05, 4.69) is 37.2 Å². The number of imidazole rings is 1. The summed E-state index contributed by atoms with van der Waals surface area (Å²) in [6.45, 7) is 11.5. The number of carbonyl (C=O) groups excluding carboxylic acids is 1. The maximum absolute atomic E-state index is 12.4. The minimum absolute atomic E-state index is 0.261. The maximum atomic E-state index is 12.4. The fourth-order valence-corrected chi connectivity index (χ4v) is 3.81. The molecule has 1 aliphatic rings. The van der Waals surface area contributed by atoms with Crippen LogP contribution in [0, 0.1) is 19.8 Å². The molecule has 1 aromatic heterocycles. The SMILES string of the molecule is CCCCn1c(SCC(=O)N2CCC(C)CC2)nc(C)c1C. The van der Waals surface area contributed by atoms with Gasteiger partial charge in [0.15, 0.2) is 5.16 Å². The van der Waals surface area contributed by atoms with Crippen LogP contribution >= 0.6 is 11.8 Å². The largest absolute Gasteiger partial charge is 0.342 e. The molecule has 1 amide bonds. The highest BCUT2D eigenvalue weighted by Gasteiger charge is 2.21. The van der Waals surface area contributed by atoms with Crippen molar-refractivity contribution in [1.82, 2.24) is 14.5 Å². The third-order valence-corrected chi connectivity index (χ3v) is 5.58. The fourth-order valence-electron chi connectivity index (χ4n) is 2.79. The summed E-state index contributed by atoms with van der Waals surface area (Å²) >= 11 is 1.60. The van der Waals surface area contributed by atoms with E-state index in [0.29, 0.717) is 5.75 Å². The van der Waals surface area contributed by atoms with Crippen LogP contribution in [-0.4, -0.2) is 39.2 Å². The second-order valence-electron chi connectivity index (χ2n) is 6.42. The normalized spacial score (nSPS) is 16.3. The van der Waals surface area contributed by atoms with Gasteiger partial charge >= 0.3 is 0 Å². The Hall–Kier alpha value is -0.970. The monoisotopic (exact) mass is 323 g/mol. The van der Waals surface area contributed by atoms with E-state index in [4.69, 9.17) is 0 Å². The zero-order valence-corrected chi connectivity index (χ0v) is 15.2. The van der Waals surface area contributed by atoms with E-state index < -0.39 is 0 Å². The number of likely N-dealkylation sites (tertiary alicyclic amines) is 1. The number of piperidine rings is 1. The Labute approximate surface area is 138 Å². The lowest BCUT2D eigenvalue weighted by molar-refractivity contribution is -0.129. The first kappa shape index (κ1) is 17.4. The Balaban J connectivity index is 1.93. The molecular weight excluding hydrogens is 294 g/mol. The molecule has 2 rings (SSSR count). The molecule has 0 N–H and O–H groups in total. The molecule has 0 bridgehead atoms. The van der Waals surface area contributed by atoms with E-state index in [1.165, 1.54) is 12.1 Å². The van der Waals surface area contributed by atoms with Gasteiger partial charge in [0.25, 0.3) is 0 Å². The summed E-state index contributed by atoms with van der Waals surface area (Å²) in [6, 6.07) is 0. The molecule has 1 saturated heterocycles. The lowest BCUT2D eigenvalue weighted by Gasteiger charge is -2.30. The molecule has 1 aromatic rings. The van der Waals surface area contributed by atoms with E-state index in [9.17, 15) is 4.79 Å². The molecule has 4 nitrogen and oxygen atoms in total. The van der Waals surface area contributed by atoms with Gasteiger partial charge in [-0.1, -0.05) is 32.0 Å². The highest BCUT2D eigenvalue weighted by molar-refractivity contribution is 7.99. The van der Waals surface area contributed by atoms with Crippen LogP contribution in [0.4, 0.5) is 0 Å². The number of nitrogens with zero attached hydrogens (tertiary/aromatic N) is 3. The lowest BCUT2D eigenvalue weighted by Crippen LogP contribution is -2.38. The molecule has 0 radical (unpaired) electrons. The number of hydrogen-bond donors (Lipinski definition) is 0. The number of unbranched alkanes of at least 4 members (excludes halogenated alkanes) is 1. The Morgan fingerprint density at radius 3 is 2.64 bits per heavy atom. The first-order chi connectivity index (χ1) is 10.5. The summed E-state index contributed by atoms with van der Waals surface area (Å²) in [7, 11) is 0. The Morgan fingerprint density at radius 1 is 1.32 bits per heavy atom. The van der Waals surface area contributed by atoms with Crippen LogP contribution in [-0.2, 0) is 11.3 Å². The summed E-state index contributed by atoms with van der Waals surface area (Å²) in [5, 5.41) is 1.00. The molecule has 0 aromatic carbocycles. The van der Waals surface area contributed by atoms with Gasteiger partial charge in [-0.25, -0.2) is 4.98 Å². The number of aromatic nitrogens is 2. The van der Waals surface area contributed by atoms with Crippen LogP contribution < -0.4 is 0 Å². The van der Waals surface area contributed by atoms with Gasteiger partial charge in [0.05, 0.1) is 11.4 Å². The van der Waals surface area contributed by atoms with Gasteiger partial charge in [-0.2, -0.15) is 0 Å². The van der Waals surface area contributed by atoms with Crippen molar-refractivity contribution >= 4 is 17.7 Å². The van der Waals surface area contributed by atoms with Gasteiger partial charge < -0.3 is 9.47 Å². The number of amides is 1. The molecule has 124 valence electrons. The quantitative estimate of drug-likeness (QED) is 0.750. The standard InChI is InChI=1S/C17H29N3OS/c1-5-6-9-20-15(4)14(3)18-17(20)22-12-16(21)19-10-7-13(2)8-11-19/h13H,5-12H2,1-4H3. The topological polar surface area (TPSA) is 38.1 Å². The van der Waals surface area contributed by atoms with E-state index in [-0.39, 0.29) is 5.91 Å². The van der Waals surface area contributed by atoms with Crippen molar-refractivity contribution in [3.8, 4) is 0 Å². The smallest absolute Gasteiger partial charge is 0.233 e. The Kier molecular flexibility index (Phi) is 6.36. The zero-order valence-electron chi connectivity index (χ0n) is 14.4. The van der Waals surface area contributed by atoms with Crippen LogP contribution in [0.25, 0.3) is 0 Å². The summed E-state index contributed by atoms with van der Waals surface area (Å²) in [5.41, 5.74) is 2.31. The number of hydrogen-bond acceptors (Lipinski definition) is 3. The molecule has 0 spiro atoms. The average Bonchev–Trinajstić information content (AvgIpc) is 2.78. The molecule has 0 unspecified atom stereocenters. The third kappa shape index (κ3) is 4.28. The second kappa shape index (κ2) is 8.04. The minimum Gasteiger partial charge on any atom is -0.342 e. The summed E-state index contributed by atoms with van der Waals surface area (Å²) in [6.07, 6.45) is 4.60. The van der Waals surface area contributed by atoms with Crippen LogP contribution in [0.15, 0.2) is 5.16 Å². The van der Waals surface area contributed by atoms with Crippen LogP contribution in [0.1, 0.15) is 50.9 Å². The van der Waals surface area contributed by atoms with Crippen molar-refractivity contribution in [3.05, 3.63) is 11.4 Å². The molecule has 0 aliphatic carbocycles. The number of aryl methyl sites for hydroxylation is 1. The van der Waals surface area contributed by atoms with Gasteiger partial charge in [0.2, 0.25) is 5.91 Å². The van der Waals surface area contributed by atoms with Crippen LogP contribution in [0.5, 0.6) is 0 Å². The third-order valence-electron chi connectivity index (χ3n) is 4.62.